The number of hydrogen-bond donors (Lipinski definition) is 0. The largest absolute Gasteiger partial charge is 0.493 e. The van der Waals surface area contributed by atoms with Crippen molar-refractivity contribution in [3.05, 3.63) is 64.1 Å². The van der Waals surface area contributed by atoms with Crippen molar-refractivity contribution in [3.63, 3.8) is 0 Å². The Labute approximate surface area is 181 Å². The Morgan fingerprint density at radius 2 is 1.74 bits per heavy atom. The molecule has 1 saturated heterocycles. The summed E-state index contributed by atoms with van der Waals surface area (Å²) in [6, 6.07) is 6.90. The van der Waals surface area contributed by atoms with Crippen molar-refractivity contribution in [2.75, 3.05) is 27.3 Å². The van der Waals surface area contributed by atoms with Crippen LogP contribution in [0.2, 0.25) is 0 Å². The maximum Gasteiger partial charge on any atom is 0.203 e. The molecule has 0 amide bonds. The first-order valence-electron chi connectivity index (χ1n) is 10.2. The summed E-state index contributed by atoms with van der Waals surface area (Å²) in [7, 11) is -0.544. The molecule has 4 rings (SSSR count). The molecule has 0 aliphatic carbocycles. The summed E-state index contributed by atoms with van der Waals surface area (Å²) in [5.74, 6) is -0.0749. The lowest BCUT2D eigenvalue weighted by Gasteiger charge is -2.31. The van der Waals surface area contributed by atoms with Crippen molar-refractivity contribution in [2.45, 2.75) is 30.7 Å². The van der Waals surface area contributed by atoms with Crippen LogP contribution < -0.4 is 9.47 Å². The van der Waals surface area contributed by atoms with E-state index in [2.05, 4.69) is 4.90 Å². The van der Waals surface area contributed by atoms with Gasteiger partial charge in [-0.05, 0) is 49.5 Å². The van der Waals surface area contributed by atoms with Crippen molar-refractivity contribution in [3.8, 4) is 11.5 Å². The molecule has 2 aromatic rings. The van der Waals surface area contributed by atoms with Gasteiger partial charge in [0.05, 0.1) is 19.1 Å². The van der Waals surface area contributed by atoms with Crippen molar-refractivity contribution >= 4 is 9.84 Å². The molecule has 0 radical (unpaired) electrons. The van der Waals surface area contributed by atoms with Gasteiger partial charge in [-0.3, -0.25) is 4.90 Å². The minimum absolute atomic E-state index is 0.136. The standard InChI is InChI=1S/C23H25F2NO4S/c1-29-21-11-17-10-19(31(27,28)23(17)13-22(21)30-2)9-15-5-7-26(8-6-15)14-16-3-4-18(24)12-20(16)25/h3-4,9,11-13,15H,5-8,10,14H2,1-2H3/b19-9+. The van der Waals surface area contributed by atoms with Crippen molar-refractivity contribution in [2.24, 2.45) is 5.92 Å². The SMILES string of the molecule is COc1cc2c(cc1OC)S(=O)(=O)/C(=C/C1CCN(Cc3ccc(F)cc3F)CC1)C2. The third-order valence-corrected chi connectivity index (χ3v) is 7.96. The average Bonchev–Trinajstić information content (AvgIpc) is 2.99. The zero-order valence-electron chi connectivity index (χ0n) is 17.5. The predicted octanol–water partition coefficient (Wildman–Crippen LogP) is 4.11. The summed E-state index contributed by atoms with van der Waals surface area (Å²) >= 11 is 0. The Hall–Kier alpha value is -2.45. The van der Waals surface area contributed by atoms with E-state index in [1.165, 1.54) is 32.4 Å². The van der Waals surface area contributed by atoms with Gasteiger partial charge in [0.1, 0.15) is 11.6 Å². The van der Waals surface area contributed by atoms with E-state index in [1.54, 1.807) is 6.07 Å². The number of halogens is 2. The number of rotatable bonds is 5. The van der Waals surface area contributed by atoms with Crippen LogP contribution >= 0.6 is 0 Å². The number of methoxy groups -OCH3 is 2. The molecule has 2 heterocycles. The van der Waals surface area contributed by atoms with Gasteiger partial charge in [0.25, 0.3) is 0 Å². The normalized spacial score (nSPS) is 20.1. The first-order chi connectivity index (χ1) is 14.8. The van der Waals surface area contributed by atoms with Crippen LogP contribution in [0.4, 0.5) is 8.78 Å². The molecular formula is C23H25F2NO4S. The van der Waals surface area contributed by atoms with Crippen LogP contribution in [0.3, 0.4) is 0 Å². The monoisotopic (exact) mass is 449 g/mol. The predicted molar refractivity (Wildman–Crippen MR) is 113 cm³/mol. The third kappa shape index (κ3) is 4.32. The highest BCUT2D eigenvalue weighted by molar-refractivity contribution is 7.95. The lowest BCUT2D eigenvalue weighted by atomic mass is 9.95. The van der Waals surface area contributed by atoms with E-state index in [-0.39, 0.29) is 10.8 Å². The van der Waals surface area contributed by atoms with Crippen LogP contribution in [0.1, 0.15) is 24.0 Å². The van der Waals surface area contributed by atoms with Crippen LogP contribution in [0.5, 0.6) is 11.5 Å². The maximum absolute atomic E-state index is 13.9. The first kappa shape index (κ1) is 21.8. The van der Waals surface area contributed by atoms with Crippen LogP contribution in [-0.4, -0.2) is 40.6 Å². The Bertz CT molecular complexity index is 1120. The Kier molecular flexibility index (Phi) is 6.03. The van der Waals surface area contributed by atoms with Crippen molar-refractivity contribution in [1.29, 1.82) is 0 Å². The Morgan fingerprint density at radius 3 is 2.39 bits per heavy atom. The second kappa shape index (κ2) is 8.59. The van der Waals surface area contributed by atoms with E-state index in [4.69, 9.17) is 9.47 Å². The molecule has 0 spiro atoms. The molecule has 0 N–H and O–H groups in total. The number of allylic oxidation sites excluding steroid dienone is 2. The van der Waals surface area contributed by atoms with Crippen LogP contribution in [0.15, 0.2) is 46.2 Å². The zero-order valence-corrected chi connectivity index (χ0v) is 18.3. The molecule has 2 aliphatic heterocycles. The highest BCUT2D eigenvalue weighted by Gasteiger charge is 2.34. The summed E-state index contributed by atoms with van der Waals surface area (Å²) in [5.41, 5.74) is 1.18. The lowest BCUT2D eigenvalue weighted by Crippen LogP contribution is -2.33. The van der Waals surface area contributed by atoms with Gasteiger partial charge in [0, 0.05) is 35.6 Å². The Balaban J connectivity index is 1.45. The van der Waals surface area contributed by atoms with Gasteiger partial charge in [-0.25, -0.2) is 17.2 Å². The Morgan fingerprint density at radius 1 is 1.06 bits per heavy atom. The molecule has 31 heavy (non-hydrogen) atoms. The number of fused-ring (bicyclic) bond motifs is 1. The van der Waals surface area contributed by atoms with Gasteiger partial charge in [0.15, 0.2) is 11.5 Å². The third-order valence-electron chi connectivity index (χ3n) is 6.03. The molecule has 1 fully saturated rings. The fourth-order valence-electron chi connectivity index (χ4n) is 4.29. The zero-order chi connectivity index (χ0) is 22.2. The van der Waals surface area contributed by atoms with Crippen molar-refractivity contribution in [1.82, 2.24) is 4.90 Å². The average molecular weight is 450 g/mol. The fraction of sp³-hybridized carbons (Fsp3) is 0.391. The van der Waals surface area contributed by atoms with Gasteiger partial charge in [-0.1, -0.05) is 12.1 Å². The molecule has 0 saturated carbocycles. The smallest absolute Gasteiger partial charge is 0.203 e. The molecule has 0 bridgehead atoms. The maximum atomic E-state index is 13.9. The number of hydrogen-bond acceptors (Lipinski definition) is 5. The number of ether oxygens (including phenoxy) is 2. The fourth-order valence-corrected chi connectivity index (χ4v) is 6.03. The first-order valence-corrected chi connectivity index (χ1v) is 11.7. The molecule has 5 nitrogen and oxygen atoms in total. The highest BCUT2D eigenvalue weighted by Crippen LogP contribution is 2.41. The minimum atomic E-state index is -3.55. The molecule has 8 heteroatoms. The molecule has 0 atom stereocenters. The van der Waals surface area contributed by atoms with Gasteiger partial charge in [0.2, 0.25) is 9.84 Å². The molecule has 0 unspecified atom stereocenters. The minimum Gasteiger partial charge on any atom is -0.493 e. The van der Waals surface area contributed by atoms with Crippen LogP contribution in [0.25, 0.3) is 0 Å². The van der Waals surface area contributed by atoms with Gasteiger partial charge in [-0.2, -0.15) is 0 Å². The summed E-state index contributed by atoms with van der Waals surface area (Å²) in [5, 5.41) is 0. The second-order valence-electron chi connectivity index (χ2n) is 7.98. The van der Waals surface area contributed by atoms with E-state index in [0.29, 0.717) is 40.5 Å². The summed E-state index contributed by atoms with van der Waals surface area (Å²) in [6.45, 7) is 1.86. The molecule has 2 aliphatic rings. The number of nitrogens with zero attached hydrogens (tertiary/aromatic N) is 1. The van der Waals surface area contributed by atoms with Crippen LogP contribution in [0, 0.1) is 17.6 Å². The topological polar surface area (TPSA) is 55.8 Å². The quantitative estimate of drug-likeness (QED) is 0.688. The number of sulfone groups is 1. The van der Waals surface area contributed by atoms with E-state index in [0.717, 1.165) is 32.0 Å². The van der Waals surface area contributed by atoms with Crippen molar-refractivity contribution < 1.29 is 26.7 Å². The summed E-state index contributed by atoms with van der Waals surface area (Å²) < 4.78 is 63.7. The molecular weight excluding hydrogens is 424 g/mol. The van der Waals surface area contributed by atoms with Gasteiger partial charge >= 0.3 is 0 Å². The molecule has 166 valence electrons. The highest BCUT2D eigenvalue weighted by atomic mass is 32.2. The lowest BCUT2D eigenvalue weighted by molar-refractivity contribution is 0.193. The van der Waals surface area contributed by atoms with Crippen LogP contribution in [-0.2, 0) is 22.8 Å². The van der Waals surface area contributed by atoms with Gasteiger partial charge < -0.3 is 9.47 Å². The van der Waals surface area contributed by atoms with Gasteiger partial charge in [-0.15, -0.1) is 0 Å². The molecule has 2 aromatic carbocycles. The van der Waals surface area contributed by atoms with E-state index in [9.17, 15) is 17.2 Å². The molecule has 0 aromatic heterocycles. The summed E-state index contributed by atoms with van der Waals surface area (Å²) in [6.07, 6.45) is 3.79. The number of likely N-dealkylation sites (tertiary alicyclic amines) is 1. The number of piperidine rings is 1. The number of benzene rings is 2. The summed E-state index contributed by atoms with van der Waals surface area (Å²) in [4.78, 5) is 2.81. The second-order valence-corrected chi connectivity index (χ2v) is 9.95. The van der Waals surface area contributed by atoms with E-state index >= 15 is 0 Å². The van der Waals surface area contributed by atoms with E-state index in [1.807, 2.05) is 6.08 Å². The van der Waals surface area contributed by atoms with E-state index < -0.39 is 21.5 Å².